The molecule has 2 atom stereocenters. The van der Waals surface area contributed by atoms with Crippen LogP contribution in [0.1, 0.15) is 13.3 Å². The molecule has 25 heavy (non-hydrogen) atoms. The molecule has 2 fully saturated rings. The first-order chi connectivity index (χ1) is 11.9. The van der Waals surface area contributed by atoms with Crippen molar-refractivity contribution in [2.45, 2.75) is 13.3 Å². The second-order valence-corrected chi connectivity index (χ2v) is 6.81. The molecule has 1 aromatic rings. The predicted molar refractivity (Wildman–Crippen MR) is 90.5 cm³/mol. The van der Waals surface area contributed by atoms with Gasteiger partial charge in [0.05, 0.1) is 16.9 Å². The zero-order valence-corrected chi connectivity index (χ0v) is 14.6. The monoisotopic (exact) mass is 367 g/mol. The fourth-order valence-electron chi connectivity index (χ4n) is 3.04. The third-order valence-corrected chi connectivity index (χ3v) is 4.96. The summed E-state index contributed by atoms with van der Waals surface area (Å²) in [6.07, 6.45) is 0.506. The molecule has 0 spiro atoms. The number of nitrogens with zero attached hydrogens (tertiary/aromatic N) is 2. The topological polar surface area (TPSA) is 69.7 Å². The first-order valence-electron chi connectivity index (χ1n) is 8.17. The zero-order valence-electron chi connectivity index (χ0n) is 13.8. The molecule has 3 amide bonds. The lowest BCUT2D eigenvalue weighted by Gasteiger charge is -2.34. The van der Waals surface area contributed by atoms with E-state index in [1.54, 1.807) is 9.80 Å². The molecule has 2 aliphatic rings. The van der Waals surface area contributed by atoms with E-state index in [9.17, 15) is 18.8 Å². The molecule has 1 aromatic carbocycles. The van der Waals surface area contributed by atoms with E-state index >= 15 is 0 Å². The number of hydrogen-bond donors (Lipinski definition) is 1. The Labute approximate surface area is 149 Å². The van der Waals surface area contributed by atoms with Gasteiger partial charge in [-0.1, -0.05) is 11.6 Å². The van der Waals surface area contributed by atoms with Crippen LogP contribution in [0.3, 0.4) is 0 Å². The molecule has 2 unspecified atom stereocenters. The van der Waals surface area contributed by atoms with Crippen molar-refractivity contribution in [2.24, 2.45) is 11.8 Å². The SMILES string of the molecule is CC(=O)N1CCN(C(=O)C2CC2C(=O)Nc2ccc(F)c(Cl)c2)CC1. The van der Waals surface area contributed by atoms with Gasteiger partial charge in [-0.3, -0.25) is 14.4 Å². The van der Waals surface area contributed by atoms with Gasteiger partial charge in [0.2, 0.25) is 17.7 Å². The Bertz CT molecular complexity index is 719. The van der Waals surface area contributed by atoms with Gasteiger partial charge in [0.1, 0.15) is 5.82 Å². The maximum absolute atomic E-state index is 13.1. The summed E-state index contributed by atoms with van der Waals surface area (Å²) < 4.78 is 13.1. The zero-order chi connectivity index (χ0) is 18.1. The molecule has 3 rings (SSSR count). The minimum absolute atomic E-state index is 0.00809. The van der Waals surface area contributed by atoms with Crippen molar-refractivity contribution >= 4 is 35.0 Å². The Balaban J connectivity index is 1.51. The van der Waals surface area contributed by atoms with Crippen LogP contribution in [0.4, 0.5) is 10.1 Å². The van der Waals surface area contributed by atoms with Crippen molar-refractivity contribution in [1.29, 1.82) is 0 Å². The van der Waals surface area contributed by atoms with E-state index in [1.165, 1.54) is 25.1 Å². The number of rotatable bonds is 3. The second-order valence-electron chi connectivity index (χ2n) is 6.40. The molecular formula is C17H19ClFN3O3. The Morgan fingerprint density at radius 3 is 2.36 bits per heavy atom. The molecule has 0 bridgehead atoms. The maximum atomic E-state index is 13.1. The lowest BCUT2D eigenvalue weighted by atomic mass is 10.2. The highest BCUT2D eigenvalue weighted by Gasteiger charge is 2.49. The van der Waals surface area contributed by atoms with Crippen LogP contribution in [0.5, 0.6) is 0 Å². The van der Waals surface area contributed by atoms with Crippen molar-refractivity contribution in [1.82, 2.24) is 9.80 Å². The van der Waals surface area contributed by atoms with Crippen molar-refractivity contribution in [3.8, 4) is 0 Å². The van der Waals surface area contributed by atoms with Gasteiger partial charge in [-0.15, -0.1) is 0 Å². The molecule has 134 valence electrons. The van der Waals surface area contributed by atoms with Gasteiger partial charge in [-0.2, -0.15) is 0 Å². The number of carbonyl (C=O) groups excluding carboxylic acids is 3. The van der Waals surface area contributed by atoms with Crippen LogP contribution in [0.2, 0.25) is 5.02 Å². The first-order valence-corrected chi connectivity index (χ1v) is 8.55. The molecule has 1 saturated heterocycles. The summed E-state index contributed by atoms with van der Waals surface area (Å²) in [6, 6.07) is 3.95. The van der Waals surface area contributed by atoms with E-state index in [1.807, 2.05) is 0 Å². The second kappa shape index (κ2) is 7.00. The van der Waals surface area contributed by atoms with Gasteiger partial charge in [0, 0.05) is 38.8 Å². The van der Waals surface area contributed by atoms with Crippen LogP contribution in [0.15, 0.2) is 18.2 Å². The van der Waals surface area contributed by atoms with Gasteiger partial charge < -0.3 is 15.1 Å². The number of hydrogen-bond acceptors (Lipinski definition) is 3. The smallest absolute Gasteiger partial charge is 0.228 e. The number of anilines is 1. The molecule has 1 aliphatic carbocycles. The summed E-state index contributed by atoms with van der Waals surface area (Å²) in [6.45, 7) is 3.56. The van der Waals surface area contributed by atoms with Crippen LogP contribution < -0.4 is 5.32 Å². The number of halogens is 2. The van der Waals surface area contributed by atoms with E-state index in [0.717, 1.165) is 0 Å². The number of piperazine rings is 1. The molecule has 0 radical (unpaired) electrons. The number of amides is 3. The van der Waals surface area contributed by atoms with Crippen molar-refractivity contribution in [2.75, 3.05) is 31.5 Å². The number of nitrogens with one attached hydrogen (secondary N) is 1. The average Bonchev–Trinajstić information content (AvgIpc) is 3.38. The molecule has 8 heteroatoms. The van der Waals surface area contributed by atoms with Crippen molar-refractivity contribution in [3.63, 3.8) is 0 Å². The lowest BCUT2D eigenvalue weighted by molar-refractivity contribution is -0.139. The van der Waals surface area contributed by atoms with Crippen LogP contribution in [-0.2, 0) is 14.4 Å². The van der Waals surface area contributed by atoms with Crippen LogP contribution in [-0.4, -0.2) is 53.7 Å². The minimum atomic E-state index is -0.552. The minimum Gasteiger partial charge on any atom is -0.339 e. The summed E-state index contributed by atoms with van der Waals surface area (Å²) in [7, 11) is 0. The summed E-state index contributed by atoms with van der Waals surface area (Å²) in [5, 5.41) is 2.60. The van der Waals surface area contributed by atoms with Gasteiger partial charge in [0.15, 0.2) is 0 Å². The van der Waals surface area contributed by atoms with Crippen molar-refractivity contribution < 1.29 is 18.8 Å². The highest BCUT2D eigenvalue weighted by Crippen LogP contribution is 2.41. The third-order valence-electron chi connectivity index (χ3n) is 4.67. The average molecular weight is 368 g/mol. The molecular weight excluding hydrogens is 349 g/mol. The molecule has 1 aliphatic heterocycles. The number of carbonyl (C=O) groups is 3. The number of benzene rings is 1. The van der Waals surface area contributed by atoms with Crippen LogP contribution >= 0.6 is 11.6 Å². The lowest BCUT2D eigenvalue weighted by Crippen LogP contribution is -2.50. The van der Waals surface area contributed by atoms with Gasteiger partial charge in [-0.25, -0.2) is 4.39 Å². The molecule has 1 heterocycles. The van der Waals surface area contributed by atoms with Gasteiger partial charge >= 0.3 is 0 Å². The van der Waals surface area contributed by atoms with E-state index in [2.05, 4.69) is 5.32 Å². The predicted octanol–water partition coefficient (Wildman–Crippen LogP) is 1.74. The Morgan fingerprint density at radius 1 is 1.12 bits per heavy atom. The fraction of sp³-hybridized carbons (Fsp3) is 0.471. The Kier molecular flexibility index (Phi) is 4.94. The maximum Gasteiger partial charge on any atom is 0.228 e. The van der Waals surface area contributed by atoms with Crippen molar-refractivity contribution in [3.05, 3.63) is 29.0 Å². The highest BCUT2D eigenvalue weighted by atomic mass is 35.5. The largest absolute Gasteiger partial charge is 0.339 e. The molecule has 1 saturated carbocycles. The fourth-order valence-corrected chi connectivity index (χ4v) is 3.22. The first kappa shape index (κ1) is 17.7. The quantitative estimate of drug-likeness (QED) is 0.884. The normalized spacial score (nSPS) is 22.5. The van der Waals surface area contributed by atoms with E-state index in [4.69, 9.17) is 11.6 Å². The Morgan fingerprint density at radius 2 is 1.76 bits per heavy atom. The molecule has 6 nitrogen and oxygen atoms in total. The van der Waals surface area contributed by atoms with Crippen LogP contribution in [0.25, 0.3) is 0 Å². The highest BCUT2D eigenvalue weighted by molar-refractivity contribution is 6.31. The molecule has 0 aromatic heterocycles. The summed E-state index contributed by atoms with van der Waals surface area (Å²) in [5.74, 6) is -1.54. The van der Waals surface area contributed by atoms with Gasteiger partial charge in [0.25, 0.3) is 0 Å². The molecule has 1 N–H and O–H groups in total. The third kappa shape index (κ3) is 3.92. The summed E-state index contributed by atoms with van der Waals surface area (Å²) >= 11 is 5.69. The van der Waals surface area contributed by atoms with E-state index < -0.39 is 5.82 Å². The summed E-state index contributed by atoms with van der Waals surface area (Å²) in [4.78, 5) is 39.5. The van der Waals surface area contributed by atoms with Crippen LogP contribution in [0, 0.1) is 17.7 Å². The Hall–Kier alpha value is -2.15. The standard InChI is InChI=1S/C17H19ClFN3O3/c1-10(23)21-4-6-22(7-5-21)17(25)13-9-12(13)16(24)20-11-2-3-15(19)14(18)8-11/h2-3,8,12-13H,4-7,9H2,1H3,(H,20,24). The van der Waals surface area contributed by atoms with E-state index in [0.29, 0.717) is 38.3 Å². The summed E-state index contributed by atoms with van der Waals surface area (Å²) in [5.41, 5.74) is 0.407. The van der Waals surface area contributed by atoms with Gasteiger partial charge in [-0.05, 0) is 24.6 Å². The van der Waals surface area contributed by atoms with E-state index in [-0.39, 0.29) is 34.6 Å².